The van der Waals surface area contributed by atoms with Gasteiger partial charge in [-0.3, -0.25) is 9.59 Å². The van der Waals surface area contributed by atoms with Crippen LogP contribution < -0.4 is 10.6 Å². The van der Waals surface area contributed by atoms with E-state index < -0.39 is 6.04 Å². The summed E-state index contributed by atoms with van der Waals surface area (Å²) in [6, 6.07) is 8.84. The van der Waals surface area contributed by atoms with Gasteiger partial charge >= 0.3 is 0 Å². The normalized spacial score (nSPS) is 11.7. The quantitative estimate of drug-likeness (QED) is 0.163. The van der Waals surface area contributed by atoms with Crippen LogP contribution in [0.15, 0.2) is 48.1 Å². The fraction of sp³-hybridized carbons (Fsp3) is 0.516. The van der Waals surface area contributed by atoms with E-state index in [9.17, 15) is 9.59 Å². The number of amides is 2. The van der Waals surface area contributed by atoms with Gasteiger partial charge in [-0.15, -0.1) is 11.3 Å². The van der Waals surface area contributed by atoms with Crippen molar-refractivity contribution in [2.24, 2.45) is 5.92 Å². The van der Waals surface area contributed by atoms with Crippen LogP contribution in [0.5, 0.6) is 0 Å². The Labute approximate surface area is 251 Å². The van der Waals surface area contributed by atoms with Crippen LogP contribution in [0.1, 0.15) is 69.8 Å². The summed E-state index contributed by atoms with van der Waals surface area (Å²) in [5, 5.41) is 7.83. The smallest absolute Gasteiger partial charge is 0.253 e. The Kier molecular flexibility index (Phi) is 18.4. The Hall–Kier alpha value is -2.95. The lowest BCUT2D eigenvalue weighted by Gasteiger charge is -2.16. The molecule has 2 N–H and O–H groups in total. The van der Waals surface area contributed by atoms with E-state index >= 15 is 0 Å². The highest BCUT2D eigenvalue weighted by Gasteiger charge is 2.23. The van der Waals surface area contributed by atoms with Gasteiger partial charge in [0.1, 0.15) is 6.04 Å². The average Bonchev–Trinajstić information content (AvgIpc) is 3.66. The minimum Gasteiger partial charge on any atom is -0.402 e. The van der Waals surface area contributed by atoms with Crippen molar-refractivity contribution in [3.8, 4) is 11.3 Å². The van der Waals surface area contributed by atoms with Gasteiger partial charge in [0, 0.05) is 37.5 Å². The first kappa shape index (κ1) is 36.1. The molecule has 0 saturated heterocycles. The van der Waals surface area contributed by atoms with E-state index in [4.69, 9.17) is 9.47 Å². The van der Waals surface area contributed by atoms with Gasteiger partial charge in [-0.2, -0.15) is 0 Å². The van der Waals surface area contributed by atoms with Gasteiger partial charge < -0.3 is 24.6 Å². The molecule has 2 amide bonds. The molecule has 41 heavy (non-hydrogen) atoms. The maximum atomic E-state index is 12.7. The SMILES string of the molecule is CC.CCCOCCC(C)CC.C[B]n1ccc(C(=O)NC(COC)C(=O)Nc2nc(-c3cccc(C)c3)cs2)c1. The Bertz CT molecular complexity index is 1150. The summed E-state index contributed by atoms with van der Waals surface area (Å²) in [6.07, 6.45) is 7.08. The molecule has 1 radical (unpaired) electrons. The summed E-state index contributed by atoms with van der Waals surface area (Å²) in [6.45, 7) is 16.4. The second-order valence-corrected chi connectivity index (χ2v) is 10.3. The molecule has 225 valence electrons. The number of aryl methyl sites for hydroxylation is 1. The predicted octanol–water partition coefficient (Wildman–Crippen LogP) is 6.69. The first-order valence-corrected chi connectivity index (χ1v) is 15.4. The maximum Gasteiger partial charge on any atom is 0.253 e. The number of aromatic nitrogens is 2. The topological polar surface area (TPSA) is 94.5 Å². The van der Waals surface area contributed by atoms with E-state index in [2.05, 4.69) is 36.4 Å². The minimum absolute atomic E-state index is 0.0499. The van der Waals surface area contributed by atoms with Crippen molar-refractivity contribution in [3.63, 3.8) is 0 Å². The van der Waals surface area contributed by atoms with Gasteiger partial charge in [-0.1, -0.05) is 71.6 Å². The first-order valence-electron chi connectivity index (χ1n) is 14.5. The van der Waals surface area contributed by atoms with Crippen LogP contribution >= 0.6 is 11.3 Å². The van der Waals surface area contributed by atoms with Gasteiger partial charge in [-0.25, -0.2) is 4.98 Å². The summed E-state index contributed by atoms with van der Waals surface area (Å²) in [4.78, 5) is 29.6. The zero-order chi connectivity index (χ0) is 30.6. The molecular weight excluding hydrogens is 535 g/mol. The van der Waals surface area contributed by atoms with E-state index in [1.54, 1.807) is 22.9 Å². The van der Waals surface area contributed by atoms with Crippen molar-refractivity contribution in [1.29, 1.82) is 0 Å². The van der Waals surface area contributed by atoms with Crippen LogP contribution in [-0.2, 0) is 14.3 Å². The molecule has 1 aromatic carbocycles. The Morgan fingerprint density at radius 3 is 2.54 bits per heavy atom. The molecule has 3 rings (SSSR count). The molecule has 0 saturated carbocycles. The van der Waals surface area contributed by atoms with Crippen LogP contribution in [0, 0.1) is 12.8 Å². The third-order valence-corrected chi connectivity index (χ3v) is 6.84. The number of anilines is 1. The lowest BCUT2D eigenvalue weighted by Crippen LogP contribution is -2.46. The van der Waals surface area contributed by atoms with E-state index in [1.807, 2.05) is 64.7 Å². The molecule has 2 heterocycles. The molecule has 8 nitrogen and oxygen atoms in total. The summed E-state index contributed by atoms with van der Waals surface area (Å²) in [5.41, 5.74) is 3.38. The molecule has 2 aromatic heterocycles. The van der Waals surface area contributed by atoms with E-state index in [0.717, 1.165) is 42.4 Å². The Morgan fingerprint density at radius 2 is 1.93 bits per heavy atom. The number of benzene rings is 1. The van der Waals surface area contributed by atoms with Gasteiger partial charge in [0.2, 0.25) is 7.41 Å². The number of nitrogens with zero attached hydrogens (tertiary/aromatic N) is 2. The monoisotopic (exact) mass is 583 g/mol. The molecule has 2 atom stereocenters. The molecule has 0 spiro atoms. The number of nitrogens with one attached hydrogen (secondary N) is 2. The molecule has 0 aliphatic rings. The zero-order valence-corrected chi connectivity index (χ0v) is 26.8. The highest BCUT2D eigenvalue weighted by molar-refractivity contribution is 7.14. The fourth-order valence-electron chi connectivity index (χ4n) is 3.49. The van der Waals surface area contributed by atoms with E-state index in [-0.39, 0.29) is 18.4 Å². The third kappa shape index (κ3) is 13.5. The third-order valence-electron chi connectivity index (χ3n) is 6.08. The van der Waals surface area contributed by atoms with Crippen molar-refractivity contribution in [3.05, 3.63) is 59.2 Å². The van der Waals surface area contributed by atoms with Crippen LogP contribution in [0.25, 0.3) is 11.3 Å². The number of hydrogen-bond acceptors (Lipinski definition) is 6. The first-order chi connectivity index (χ1) is 19.8. The molecule has 0 bridgehead atoms. The van der Waals surface area contributed by atoms with Gasteiger partial charge in [-0.05, 0) is 44.0 Å². The number of carbonyl (C=O) groups is 2. The molecule has 0 aliphatic carbocycles. The van der Waals surface area contributed by atoms with Crippen molar-refractivity contribution in [1.82, 2.24) is 14.8 Å². The lowest BCUT2D eigenvalue weighted by molar-refractivity contribution is -0.119. The largest absolute Gasteiger partial charge is 0.402 e. The highest BCUT2D eigenvalue weighted by Crippen LogP contribution is 2.25. The summed E-state index contributed by atoms with van der Waals surface area (Å²) in [5.74, 6) is 0.103. The lowest BCUT2D eigenvalue weighted by atomic mass is 10.0. The number of thiazole rings is 1. The summed E-state index contributed by atoms with van der Waals surface area (Å²) < 4.78 is 12.2. The second-order valence-electron chi connectivity index (χ2n) is 9.40. The molecular formula is C31H48BN4O4S. The Morgan fingerprint density at radius 1 is 1.17 bits per heavy atom. The van der Waals surface area contributed by atoms with E-state index in [1.165, 1.54) is 31.3 Å². The van der Waals surface area contributed by atoms with Crippen molar-refractivity contribution in [2.45, 2.75) is 73.7 Å². The number of rotatable bonds is 14. The maximum absolute atomic E-state index is 12.7. The van der Waals surface area contributed by atoms with E-state index in [0.29, 0.717) is 10.7 Å². The molecule has 0 fully saturated rings. The molecule has 0 aliphatic heterocycles. The number of carbonyl (C=O) groups excluding carboxylic acids is 2. The van der Waals surface area contributed by atoms with Crippen LogP contribution in [0.3, 0.4) is 0 Å². The van der Waals surface area contributed by atoms with Crippen molar-refractivity contribution < 1.29 is 19.1 Å². The molecule has 2 unspecified atom stereocenters. The second kappa shape index (κ2) is 20.9. The molecule has 3 aromatic rings. The van der Waals surface area contributed by atoms with Gasteiger partial charge in [0.05, 0.1) is 17.9 Å². The number of methoxy groups -OCH3 is 1. The van der Waals surface area contributed by atoms with Crippen molar-refractivity contribution >= 4 is 35.7 Å². The number of ether oxygens (including phenoxy) is 2. The summed E-state index contributed by atoms with van der Waals surface area (Å²) in [7, 11) is 3.30. The standard InChI is InChI=1S/C20H22BN4O3S.C9H20O.C2H6/c1-13-5-4-6-14(9-13)17-12-29-20(23-17)24-19(27)16(11-28-3)22-18(26)15-7-8-25(10-15)21-2;1-4-7-10-8-6-9(3)5-2;1-2/h4-10,12,16H,11H2,1-3H3,(H,22,26)(H,23,24,27);9H,4-8H2,1-3H3;1-2H3. The fourth-order valence-corrected chi connectivity index (χ4v) is 4.22. The van der Waals surface area contributed by atoms with Gasteiger partial charge in [0.15, 0.2) is 5.13 Å². The van der Waals surface area contributed by atoms with Crippen molar-refractivity contribution in [2.75, 3.05) is 32.2 Å². The Balaban J connectivity index is 0.000000594. The number of hydrogen-bond donors (Lipinski definition) is 2. The molecule has 10 heteroatoms. The van der Waals surface area contributed by atoms with Crippen LogP contribution in [0.2, 0.25) is 6.82 Å². The van der Waals surface area contributed by atoms with Crippen LogP contribution in [0.4, 0.5) is 5.13 Å². The predicted molar refractivity (Wildman–Crippen MR) is 172 cm³/mol. The minimum atomic E-state index is -0.840. The van der Waals surface area contributed by atoms with Gasteiger partial charge in [0.25, 0.3) is 11.8 Å². The average molecular weight is 584 g/mol. The zero-order valence-electron chi connectivity index (χ0n) is 26.0. The van der Waals surface area contributed by atoms with Crippen LogP contribution in [-0.4, -0.2) is 61.7 Å². The highest BCUT2D eigenvalue weighted by atomic mass is 32.1. The summed E-state index contributed by atoms with van der Waals surface area (Å²) >= 11 is 1.33.